The standard InChI is InChI=1S/C46H29NO2/c1-2-10-32-27-33(18-17-30(32)9-1)31-19-22-35(23-20-31)47(36-24-26-41-39-13-5-8-16-44(39)49-46(41)29-36)42-14-6-3-11-37(42)34-21-25-40-38-12-4-7-15-43(38)48-45(40)28-34/h1-29H. The van der Waals surface area contributed by atoms with Crippen LogP contribution in [0.15, 0.2) is 185 Å². The van der Waals surface area contributed by atoms with Crippen LogP contribution in [0.4, 0.5) is 17.1 Å². The van der Waals surface area contributed by atoms with E-state index in [4.69, 9.17) is 8.83 Å². The molecule has 2 heterocycles. The zero-order valence-corrected chi connectivity index (χ0v) is 26.5. The summed E-state index contributed by atoms with van der Waals surface area (Å²) < 4.78 is 12.7. The van der Waals surface area contributed by atoms with Gasteiger partial charge in [-0.25, -0.2) is 0 Å². The normalized spacial score (nSPS) is 11.7. The molecule has 0 bridgehead atoms. The maximum Gasteiger partial charge on any atom is 0.137 e. The number of furan rings is 2. The second-order valence-electron chi connectivity index (χ2n) is 12.5. The molecule has 0 fully saturated rings. The smallest absolute Gasteiger partial charge is 0.137 e. The van der Waals surface area contributed by atoms with Crippen molar-refractivity contribution >= 4 is 71.7 Å². The maximum absolute atomic E-state index is 6.38. The van der Waals surface area contributed by atoms with Crippen LogP contribution in [-0.4, -0.2) is 0 Å². The summed E-state index contributed by atoms with van der Waals surface area (Å²) in [5, 5.41) is 6.95. The Morgan fingerprint density at radius 2 is 0.878 bits per heavy atom. The lowest BCUT2D eigenvalue weighted by Crippen LogP contribution is -2.11. The molecule has 8 aromatic carbocycles. The van der Waals surface area contributed by atoms with Crippen molar-refractivity contribution in [2.24, 2.45) is 0 Å². The number of nitrogens with zero attached hydrogens (tertiary/aromatic N) is 1. The highest BCUT2D eigenvalue weighted by atomic mass is 16.3. The molecule has 0 unspecified atom stereocenters. The summed E-state index contributed by atoms with van der Waals surface area (Å²) in [6.45, 7) is 0. The van der Waals surface area contributed by atoms with E-state index in [1.165, 1.54) is 21.9 Å². The Hall–Kier alpha value is -6.58. The second-order valence-corrected chi connectivity index (χ2v) is 12.5. The molecule has 0 amide bonds. The van der Waals surface area contributed by atoms with E-state index in [9.17, 15) is 0 Å². The fraction of sp³-hybridized carbons (Fsp3) is 0. The molecule has 0 aliphatic rings. The number of hydrogen-bond acceptors (Lipinski definition) is 3. The number of benzene rings is 8. The third-order valence-electron chi connectivity index (χ3n) is 9.66. The summed E-state index contributed by atoms with van der Waals surface area (Å²) in [6.07, 6.45) is 0. The Morgan fingerprint density at radius 3 is 1.65 bits per heavy atom. The minimum atomic E-state index is 0.859. The molecule has 0 radical (unpaired) electrons. The van der Waals surface area contributed by atoms with Gasteiger partial charge in [0.1, 0.15) is 22.3 Å². The lowest BCUT2D eigenvalue weighted by molar-refractivity contribution is 0.668. The van der Waals surface area contributed by atoms with Gasteiger partial charge in [-0.15, -0.1) is 0 Å². The third-order valence-corrected chi connectivity index (χ3v) is 9.66. The van der Waals surface area contributed by atoms with Crippen molar-refractivity contribution in [1.82, 2.24) is 0 Å². The number of rotatable bonds is 5. The fourth-order valence-corrected chi connectivity index (χ4v) is 7.26. The molecule has 10 aromatic rings. The minimum absolute atomic E-state index is 0.859. The van der Waals surface area contributed by atoms with Crippen LogP contribution in [-0.2, 0) is 0 Å². The molecule has 0 aliphatic carbocycles. The van der Waals surface area contributed by atoms with Gasteiger partial charge in [-0.05, 0) is 88.1 Å². The van der Waals surface area contributed by atoms with Gasteiger partial charge >= 0.3 is 0 Å². The van der Waals surface area contributed by atoms with E-state index in [0.717, 1.165) is 72.1 Å². The Morgan fingerprint density at radius 1 is 0.327 bits per heavy atom. The number of para-hydroxylation sites is 3. The molecule has 0 N–H and O–H groups in total. The molecule has 0 spiro atoms. The molecule has 0 saturated heterocycles. The summed E-state index contributed by atoms with van der Waals surface area (Å²) in [4.78, 5) is 2.33. The van der Waals surface area contributed by atoms with Gasteiger partial charge in [-0.3, -0.25) is 0 Å². The highest BCUT2D eigenvalue weighted by Gasteiger charge is 2.20. The van der Waals surface area contributed by atoms with Crippen LogP contribution < -0.4 is 4.90 Å². The minimum Gasteiger partial charge on any atom is -0.456 e. The van der Waals surface area contributed by atoms with Crippen LogP contribution in [0, 0.1) is 0 Å². The predicted octanol–water partition coefficient (Wildman–Crippen LogP) is 13.4. The van der Waals surface area contributed by atoms with E-state index in [1.807, 2.05) is 24.3 Å². The van der Waals surface area contributed by atoms with Gasteiger partial charge in [0.2, 0.25) is 0 Å². The van der Waals surface area contributed by atoms with Crippen LogP contribution in [0.25, 0.3) is 76.9 Å². The topological polar surface area (TPSA) is 29.5 Å². The van der Waals surface area contributed by atoms with Crippen LogP contribution in [0.5, 0.6) is 0 Å². The SMILES string of the molecule is c1ccc(N(c2ccc(-c3ccc4ccccc4c3)cc2)c2ccc3c(c2)oc2ccccc23)c(-c2ccc3c(c2)oc2ccccc23)c1. The fourth-order valence-electron chi connectivity index (χ4n) is 7.26. The number of fused-ring (bicyclic) bond motifs is 7. The molecule has 0 atom stereocenters. The predicted molar refractivity (Wildman–Crippen MR) is 204 cm³/mol. The molecule has 230 valence electrons. The van der Waals surface area contributed by atoms with E-state index < -0.39 is 0 Å². The van der Waals surface area contributed by atoms with Crippen molar-refractivity contribution in [3.63, 3.8) is 0 Å². The van der Waals surface area contributed by atoms with E-state index >= 15 is 0 Å². The Balaban J connectivity index is 1.14. The first-order valence-electron chi connectivity index (χ1n) is 16.6. The van der Waals surface area contributed by atoms with Gasteiger partial charge in [-0.2, -0.15) is 0 Å². The monoisotopic (exact) mass is 627 g/mol. The second kappa shape index (κ2) is 11.0. The maximum atomic E-state index is 6.38. The third kappa shape index (κ3) is 4.59. The van der Waals surface area contributed by atoms with E-state index in [-0.39, 0.29) is 0 Å². The Labute approximate surface area is 282 Å². The van der Waals surface area contributed by atoms with E-state index in [1.54, 1.807) is 0 Å². The largest absolute Gasteiger partial charge is 0.456 e. The molecule has 10 rings (SSSR count). The van der Waals surface area contributed by atoms with Gasteiger partial charge < -0.3 is 13.7 Å². The van der Waals surface area contributed by atoms with Crippen LogP contribution >= 0.6 is 0 Å². The van der Waals surface area contributed by atoms with Gasteiger partial charge in [0.25, 0.3) is 0 Å². The van der Waals surface area contributed by atoms with Crippen molar-refractivity contribution in [2.45, 2.75) is 0 Å². The number of hydrogen-bond donors (Lipinski definition) is 0. The van der Waals surface area contributed by atoms with E-state index in [2.05, 4.69) is 157 Å². The van der Waals surface area contributed by atoms with Crippen molar-refractivity contribution in [2.75, 3.05) is 4.90 Å². The summed E-state index contributed by atoms with van der Waals surface area (Å²) >= 11 is 0. The lowest BCUT2D eigenvalue weighted by Gasteiger charge is -2.28. The van der Waals surface area contributed by atoms with Crippen LogP contribution in [0.1, 0.15) is 0 Å². The molecular formula is C46H29NO2. The average molecular weight is 628 g/mol. The van der Waals surface area contributed by atoms with Gasteiger partial charge in [-0.1, -0.05) is 109 Å². The molecule has 0 saturated carbocycles. The van der Waals surface area contributed by atoms with Crippen molar-refractivity contribution in [3.8, 4) is 22.3 Å². The zero-order chi connectivity index (χ0) is 32.3. The van der Waals surface area contributed by atoms with Crippen LogP contribution in [0.2, 0.25) is 0 Å². The summed E-state index contributed by atoms with van der Waals surface area (Å²) in [6, 6.07) is 62.1. The molecule has 0 aliphatic heterocycles. The van der Waals surface area contributed by atoms with Crippen molar-refractivity contribution in [1.29, 1.82) is 0 Å². The van der Waals surface area contributed by atoms with Gasteiger partial charge in [0, 0.05) is 44.5 Å². The van der Waals surface area contributed by atoms with Crippen LogP contribution in [0.3, 0.4) is 0 Å². The Bertz CT molecular complexity index is 2840. The number of anilines is 3. The first-order chi connectivity index (χ1) is 24.3. The average Bonchev–Trinajstić information content (AvgIpc) is 3.73. The van der Waals surface area contributed by atoms with Gasteiger partial charge in [0.05, 0.1) is 5.69 Å². The molecule has 3 nitrogen and oxygen atoms in total. The summed E-state index contributed by atoms with van der Waals surface area (Å²) in [5.74, 6) is 0. The first kappa shape index (κ1) is 27.5. The molecule has 2 aromatic heterocycles. The van der Waals surface area contributed by atoms with Gasteiger partial charge in [0.15, 0.2) is 0 Å². The first-order valence-corrected chi connectivity index (χ1v) is 16.6. The summed E-state index contributed by atoms with van der Waals surface area (Å²) in [7, 11) is 0. The highest BCUT2D eigenvalue weighted by molar-refractivity contribution is 6.08. The summed E-state index contributed by atoms with van der Waals surface area (Å²) in [5.41, 5.74) is 11.2. The van der Waals surface area contributed by atoms with E-state index in [0.29, 0.717) is 0 Å². The molecule has 49 heavy (non-hydrogen) atoms. The molecule has 3 heteroatoms. The molecular weight excluding hydrogens is 599 g/mol. The highest BCUT2D eigenvalue weighted by Crippen LogP contribution is 2.44. The quantitative estimate of drug-likeness (QED) is 0.190. The lowest BCUT2D eigenvalue weighted by atomic mass is 9.99. The zero-order valence-electron chi connectivity index (χ0n) is 26.5. The van der Waals surface area contributed by atoms with Crippen molar-refractivity contribution in [3.05, 3.63) is 176 Å². The van der Waals surface area contributed by atoms with Crippen molar-refractivity contribution < 1.29 is 8.83 Å². The Kier molecular flexibility index (Phi) is 6.18.